The van der Waals surface area contributed by atoms with Crippen LogP contribution in [-0.4, -0.2) is 24.9 Å². The fraction of sp³-hybridized carbons (Fsp3) is 0.600. The summed E-state index contributed by atoms with van der Waals surface area (Å²) in [6.45, 7) is 4.88. The highest BCUT2D eigenvalue weighted by Crippen LogP contribution is 2.24. The van der Waals surface area contributed by atoms with E-state index in [4.69, 9.17) is 9.47 Å². The zero-order valence-electron chi connectivity index (χ0n) is 11.6. The van der Waals surface area contributed by atoms with Crippen LogP contribution in [0.5, 0.6) is 5.75 Å². The van der Waals surface area contributed by atoms with Crippen LogP contribution >= 0.6 is 0 Å². The Hall–Kier alpha value is -1.06. The average molecular weight is 252 g/mol. The van der Waals surface area contributed by atoms with Crippen LogP contribution in [0.3, 0.4) is 0 Å². The van der Waals surface area contributed by atoms with Crippen LogP contribution in [-0.2, 0) is 4.74 Å². The molecule has 1 aromatic carbocycles. The molecule has 0 bridgehead atoms. The van der Waals surface area contributed by atoms with Crippen molar-refractivity contribution in [1.82, 2.24) is 0 Å². The van der Waals surface area contributed by atoms with E-state index in [9.17, 15) is 5.11 Å². The van der Waals surface area contributed by atoms with Crippen LogP contribution in [0.25, 0.3) is 0 Å². The van der Waals surface area contributed by atoms with E-state index in [1.165, 1.54) is 0 Å². The monoisotopic (exact) mass is 252 g/mol. The number of aliphatic hydroxyl groups excluding tert-OH is 1. The zero-order chi connectivity index (χ0) is 13.4. The smallest absolute Gasteiger partial charge is 0.119 e. The molecule has 18 heavy (non-hydrogen) atoms. The van der Waals surface area contributed by atoms with Crippen molar-refractivity contribution < 1.29 is 14.6 Å². The largest absolute Gasteiger partial charge is 0.494 e. The number of hydrogen-bond donors (Lipinski definition) is 1. The second-order valence-electron chi connectivity index (χ2n) is 4.43. The molecule has 0 aliphatic heterocycles. The highest BCUT2D eigenvalue weighted by atomic mass is 16.5. The molecule has 0 amide bonds. The lowest BCUT2D eigenvalue weighted by molar-refractivity contribution is -0.0179. The van der Waals surface area contributed by atoms with E-state index >= 15 is 0 Å². The van der Waals surface area contributed by atoms with Crippen molar-refractivity contribution in [1.29, 1.82) is 0 Å². The molecule has 0 aromatic heterocycles. The van der Waals surface area contributed by atoms with E-state index < -0.39 is 6.10 Å². The van der Waals surface area contributed by atoms with Crippen LogP contribution in [0.15, 0.2) is 24.3 Å². The molecule has 0 saturated heterocycles. The number of methoxy groups -OCH3 is 1. The second-order valence-corrected chi connectivity index (χ2v) is 4.43. The maximum atomic E-state index is 10.2. The summed E-state index contributed by atoms with van der Waals surface area (Å²) in [6, 6.07) is 7.59. The summed E-state index contributed by atoms with van der Waals surface area (Å²) in [7, 11) is 1.64. The molecular formula is C15H24O3. The fourth-order valence-electron chi connectivity index (χ4n) is 1.88. The molecule has 0 aliphatic rings. The Balaban J connectivity index is 2.65. The molecule has 0 fully saturated rings. The summed E-state index contributed by atoms with van der Waals surface area (Å²) in [5.74, 6) is 0.845. The van der Waals surface area contributed by atoms with Gasteiger partial charge in [0.05, 0.1) is 12.7 Å². The summed E-state index contributed by atoms with van der Waals surface area (Å²) in [4.78, 5) is 0. The molecule has 102 valence electrons. The van der Waals surface area contributed by atoms with Gasteiger partial charge in [0.1, 0.15) is 11.9 Å². The van der Waals surface area contributed by atoms with Gasteiger partial charge in [0.15, 0.2) is 0 Å². The van der Waals surface area contributed by atoms with Crippen LogP contribution in [0.2, 0.25) is 0 Å². The molecule has 2 atom stereocenters. The molecule has 0 spiro atoms. The van der Waals surface area contributed by atoms with Gasteiger partial charge in [0, 0.05) is 7.11 Å². The van der Waals surface area contributed by atoms with Gasteiger partial charge in [0.2, 0.25) is 0 Å². The molecule has 0 aliphatic carbocycles. The van der Waals surface area contributed by atoms with Crippen molar-refractivity contribution in [2.75, 3.05) is 13.7 Å². The van der Waals surface area contributed by atoms with E-state index in [1.807, 2.05) is 24.3 Å². The van der Waals surface area contributed by atoms with Gasteiger partial charge in [-0.05, 0) is 30.5 Å². The number of aliphatic hydroxyl groups is 1. The van der Waals surface area contributed by atoms with E-state index in [2.05, 4.69) is 13.8 Å². The maximum Gasteiger partial charge on any atom is 0.119 e. The molecule has 0 radical (unpaired) electrons. The third kappa shape index (κ3) is 4.31. The van der Waals surface area contributed by atoms with Crippen molar-refractivity contribution >= 4 is 0 Å². The SMILES string of the molecule is CCCOc1ccc(C(O)C(CCC)OC)cc1. The first-order chi connectivity index (χ1) is 8.72. The lowest BCUT2D eigenvalue weighted by atomic mass is 10.0. The van der Waals surface area contributed by atoms with Crippen LogP contribution in [0, 0.1) is 0 Å². The summed E-state index contributed by atoms with van der Waals surface area (Å²) < 4.78 is 10.8. The summed E-state index contributed by atoms with van der Waals surface area (Å²) in [5.41, 5.74) is 0.874. The molecule has 1 N–H and O–H groups in total. The van der Waals surface area contributed by atoms with E-state index in [-0.39, 0.29) is 6.10 Å². The predicted octanol–water partition coefficient (Wildman–Crippen LogP) is 3.32. The average Bonchev–Trinajstić information content (AvgIpc) is 2.42. The van der Waals surface area contributed by atoms with Gasteiger partial charge in [-0.15, -0.1) is 0 Å². The van der Waals surface area contributed by atoms with Gasteiger partial charge in [0.25, 0.3) is 0 Å². The van der Waals surface area contributed by atoms with Crippen molar-refractivity contribution in [3.8, 4) is 5.75 Å². The minimum atomic E-state index is -0.574. The van der Waals surface area contributed by atoms with Gasteiger partial charge < -0.3 is 14.6 Å². The van der Waals surface area contributed by atoms with Gasteiger partial charge in [-0.1, -0.05) is 32.4 Å². The Morgan fingerprint density at radius 2 is 1.78 bits per heavy atom. The number of benzene rings is 1. The maximum absolute atomic E-state index is 10.2. The summed E-state index contributed by atoms with van der Waals surface area (Å²) in [5, 5.41) is 10.2. The number of hydrogen-bond acceptors (Lipinski definition) is 3. The van der Waals surface area contributed by atoms with Crippen molar-refractivity contribution in [3.63, 3.8) is 0 Å². The summed E-state index contributed by atoms with van der Waals surface area (Å²) >= 11 is 0. The van der Waals surface area contributed by atoms with Crippen molar-refractivity contribution in [3.05, 3.63) is 29.8 Å². The van der Waals surface area contributed by atoms with Crippen LogP contribution in [0.4, 0.5) is 0 Å². The zero-order valence-corrected chi connectivity index (χ0v) is 11.6. The highest BCUT2D eigenvalue weighted by Gasteiger charge is 2.19. The van der Waals surface area contributed by atoms with Gasteiger partial charge in [-0.25, -0.2) is 0 Å². The first-order valence-electron chi connectivity index (χ1n) is 6.66. The lowest BCUT2D eigenvalue weighted by Crippen LogP contribution is -2.20. The second kappa shape index (κ2) is 8.11. The topological polar surface area (TPSA) is 38.7 Å². The van der Waals surface area contributed by atoms with Gasteiger partial charge in [-0.3, -0.25) is 0 Å². The third-order valence-corrected chi connectivity index (χ3v) is 2.92. The van der Waals surface area contributed by atoms with Crippen LogP contribution in [0.1, 0.15) is 44.8 Å². The Labute approximate surface area is 110 Å². The molecule has 3 nitrogen and oxygen atoms in total. The molecule has 0 heterocycles. The summed E-state index contributed by atoms with van der Waals surface area (Å²) in [6.07, 6.45) is 2.12. The predicted molar refractivity (Wildman–Crippen MR) is 72.9 cm³/mol. The molecule has 1 aromatic rings. The standard InChI is InChI=1S/C15H24O3/c1-4-6-14(17-3)15(16)12-7-9-13(10-8-12)18-11-5-2/h7-10,14-16H,4-6,11H2,1-3H3. The van der Waals surface area contributed by atoms with Gasteiger partial charge >= 0.3 is 0 Å². The highest BCUT2D eigenvalue weighted by molar-refractivity contribution is 5.29. The lowest BCUT2D eigenvalue weighted by Gasteiger charge is -2.21. The van der Waals surface area contributed by atoms with Crippen molar-refractivity contribution in [2.45, 2.75) is 45.3 Å². The Morgan fingerprint density at radius 3 is 2.28 bits per heavy atom. The molecule has 2 unspecified atom stereocenters. The fourth-order valence-corrected chi connectivity index (χ4v) is 1.88. The molecule has 0 saturated carbocycles. The quantitative estimate of drug-likeness (QED) is 0.771. The Kier molecular flexibility index (Phi) is 6.76. The first-order valence-corrected chi connectivity index (χ1v) is 6.66. The van der Waals surface area contributed by atoms with Crippen molar-refractivity contribution in [2.24, 2.45) is 0 Å². The van der Waals surface area contributed by atoms with Crippen LogP contribution < -0.4 is 4.74 Å². The Morgan fingerprint density at radius 1 is 1.11 bits per heavy atom. The van der Waals surface area contributed by atoms with E-state index in [1.54, 1.807) is 7.11 Å². The third-order valence-electron chi connectivity index (χ3n) is 2.92. The number of ether oxygens (including phenoxy) is 2. The molecule has 3 heteroatoms. The van der Waals surface area contributed by atoms with E-state index in [0.717, 1.165) is 37.2 Å². The molecular weight excluding hydrogens is 228 g/mol. The Bertz CT molecular complexity index is 321. The number of rotatable bonds is 8. The minimum absolute atomic E-state index is 0.141. The van der Waals surface area contributed by atoms with Gasteiger partial charge in [-0.2, -0.15) is 0 Å². The molecule has 1 rings (SSSR count). The minimum Gasteiger partial charge on any atom is -0.494 e. The van der Waals surface area contributed by atoms with E-state index in [0.29, 0.717) is 0 Å². The first kappa shape index (κ1) is 15.0. The normalized spacial score (nSPS) is 14.2.